The summed E-state index contributed by atoms with van der Waals surface area (Å²) in [6.07, 6.45) is 8.91. The summed E-state index contributed by atoms with van der Waals surface area (Å²) < 4.78 is 0. The van der Waals surface area contributed by atoms with Crippen molar-refractivity contribution in [3.8, 4) is 0 Å². The minimum atomic E-state index is 0.186. The maximum Gasteiger partial charge on any atom is 0.234 e. The number of carbonyl (C=O) groups is 1. The number of rotatable bonds is 6. The number of amides is 1. The molecule has 2 saturated carbocycles. The second-order valence-electron chi connectivity index (χ2n) is 5.77. The first-order valence-electron chi connectivity index (χ1n) is 7.28. The third kappa shape index (κ3) is 4.66. The molecule has 0 unspecified atom stereocenters. The van der Waals surface area contributed by atoms with E-state index in [2.05, 4.69) is 17.6 Å². The monoisotopic (exact) mass is 238 g/mol. The van der Waals surface area contributed by atoms with Crippen LogP contribution >= 0.6 is 0 Å². The predicted octanol–water partition coefficient (Wildman–Crippen LogP) is 2.07. The topological polar surface area (TPSA) is 41.1 Å². The highest BCUT2D eigenvalue weighted by atomic mass is 16.1. The van der Waals surface area contributed by atoms with Crippen molar-refractivity contribution < 1.29 is 4.79 Å². The number of hydrogen-bond donors (Lipinski definition) is 2. The van der Waals surface area contributed by atoms with Crippen LogP contribution in [-0.2, 0) is 4.79 Å². The molecule has 0 saturated heterocycles. The summed E-state index contributed by atoms with van der Waals surface area (Å²) in [6, 6.07) is 0.438. The maximum atomic E-state index is 11.7. The Morgan fingerprint density at radius 3 is 2.29 bits per heavy atom. The average Bonchev–Trinajstić information content (AvgIpc) is 3.14. The van der Waals surface area contributed by atoms with Crippen LogP contribution in [0.2, 0.25) is 0 Å². The van der Waals surface area contributed by atoms with Crippen LogP contribution in [0.3, 0.4) is 0 Å². The van der Waals surface area contributed by atoms with E-state index in [9.17, 15) is 4.79 Å². The molecule has 0 aliphatic heterocycles. The summed E-state index contributed by atoms with van der Waals surface area (Å²) in [5.74, 6) is 1.93. The molecule has 2 aliphatic rings. The van der Waals surface area contributed by atoms with Crippen LogP contribution in [0, 0.1) is 11.8 Å². The Kier molecular flexibility index (Phi) is 4.84. The zero-order valence-electron chi connectivity index (χ0n) is 11.0. The van der Waals surface area contributed by atoms with Gasteiger partial charge in [-0.15, -0.1) is 0 Å². The fourth-order valence-electron chi connectivity index (χ4n) is 2.71. The highest BCUT2D eigenvalue weighted by Crippen LogP contribution is 2.27. The van der Waals surface area contributed by atoms with Crippen LogP contribution in [0.4, 0.5) is 0 Å². The van der Waals surface area contributed by atoms with Gasteiger partial charge in [0.05, 0.1) is 6.54 Å². The van der Waals surface area contributed by atoms with Gasteiger partial charge in [-0.2, -0.15) is 0 Å². The zero-order chi connectivity index (χ0) is 12.1. The van der Waals surface area contributed by atoms with E-state index in [-0.39, 0.29) is 5.91 Å². The van der Waals surface area contributed by atoms with E-state index in [0.29, 0.717) is 12.6 Å². The number of hydrogen-bond acceptors (Lipinski definition) is 2. The van der Waals surface area contributed by atoms with Gasteiger partial charge in [-0.05, 0) is 56.9 Å². The third-order valence-electron chi connectivity index (χ3n) is 4.20. The van der Waals surface area contributed by atoms with Crippen molar-refractivity contribution in [1.82, 2.24) is 10.6 Å². The molecule has 2 N–H and O–H groups in total. The normalized spacial score (nSPS) is 29.0. The van der Waals surface area contributed by atoms with Gasteiger partial charge < -0.3 is 10.6 Å². The molecule has 0 radical (unpaired) electrons. The smallest absolute Gasteiger partial charge is 0.234 e. The first-order chi connectivity index (χ1) is 8.28. The molecular formula is C14H26N2O. The Labute approximate surface area is 105 Å². The lowest BCUT2D eigenvalue weighted by atomic mass is 9.84. The fourth-order valence-corrected chi connectivity index (χ4v) is 2.71. The van der Waals surface area contributed by atoms with Gasteiger partial charge in [0.15, 0.2) is 0 Å². The van der Waals surface area contributed by atoms with E-state index in [1.165, 1.54) is 44.9 Å². The minimum absolute atomic E-state index is 0.186. The maximum absolute atomic E-state index is 11.7. The molecule has 17 heavy (non-hydrogen) atoms. The van der Waals surface area contributed by atoms with E-state index in [1.807, 2.05) is 0 Å². The molecule has 98 valence electrons. The predicted molar refractivity (Wildman–Crippen MR) is 69.8 cm³/mol. The van der Waals surface area contributed by atoms with E-state index in [4.69, 9.17) is 0 Å². The second-order valence-corrected chi connectivity index (χ2v) is 5.77. The Balaban J connectivity index is 1.55. The summed E-state index contributed by atoms with van der Waals surface area (Å²) in [6.45, 7) is 3.80. The molecule has 0 aromatic rings. The van der Waals surface area contributed by atoms with Crippen LogP contribution < -0.4 is 10.6 Å². The minimum Gasteiger partial charge on any atom is -0.352 e. The van der Waals surface area contributed by atoms with Crippen LogP contribution in [0.1, 0.15) is 51.9 Å². The van der Waals surface area contributed by atoms with Crippen molar-refractivity contribution in [2.45, 2.75) is 57.9 Å². The molecule has 2 rings (SSSR count). The van der Waals surface area contributed by atoms with Gasteiger partial charge in [0, 0.05) is 6.04 Å². The van der Waals surface area contributed by atoms with Crippen LogP contribution in [0.5, 0.6) is 0 Å². The quantitative estimate of drug-likeness (QED) is 0.744. The van der Waals surface area contributed by atoms with E-state index in [0.717, 1.165) is 18.4 Å². The van der Waals surface area contributed by atoms with Gasteiger partial charge in [0.2, 0.25) is 5.91 Å². The number of carbonyl (C=O) groups excluding carboxylic acids is 1. The molecular weight excluding hydrogens is 212 g/mol. The molecule has 0 spiro atoms. The number of nitrogens with one attached hydrogen (secondary N) is 2. The SMILES string of the molecule is CCC1CCC(NC(=O)CNCC2CC2)CC1. The molecule has 3 heteroatoms. The lowest BCUT2D eigenvalue weighted by molar-refractivity contribution is -0.121. The first-order valence-corrected chi connectivity index (χ1v) is 7.28. The third-order valence-corrected chi connectivity index (χ3v) is 4.20. The fraction of sp³-hybridized carbons (Fsp3) is 0.929. The van der Waals surface area contributed by atoms with Crippen molar-refractivity contribution in [3.05, 3.63) is 0 Å². The molecule has 0 aromatic carbocycles. The van der Waals surface area contributed by atoms with Gasteiger partial charge >= 0.3 is 0 Å². The van der Waals surface area contributed by atoms with Crippen molar-refractivity contribution >= 4 is 5.91 Å². The van der Waals surface area contributed by atoms with E-state index in [1.54, 1.807) is 0 Å². The summed E-state index contributed by atoms with van der Waals surface area (Å²) in [5, 5.41) is 6.40. The van der Waals surface area contributed by atoms with Crippen LogP contribution in [-0.4, -0.2) is 25.0 Å². The molecule has 0 atom stereocenters. The van der Waals surface area contributed by atoms with Gasteiger partial charge in [-0.25, -0.2) is 0 Å². The Morgan fingerprint density at radius 2 is 1.71 bits per heavy atom. The van der Waals surface area contributed by atoms with Crippen LogP contribution in [0.15, 0.2) is 0 Å². The molecule has 3 nitrogen and oxygen atoms in total. The van der Waals surface area contributed by atoms with E-state index < -0.39 is 0 Å². The largest absolute Gasteiger partial charge is 0.352 e. The highest BCUT2D eigenvalue weighted by molar-refractivity contribution is 5.78. The van der Waals surface area contributed by atoms with E-state index >= 15 is 0 Å². The summed E-state index contributed by atoms with van der Waals surface area (Å²) in [5.41, 5.74) is 0. The van der Waals surface area contributed by atoms with Crippen molar-refractivity contribution in [1.29, 1.82) is 0 Å². The van der Waals surface area contributed by atoms with Crippen molar-refractivity contribution in [3.63, 3.8) is 0 Å². The van der Waals surface area contributed by atoms with Crippen LogP contribution in [0.25, 0.3) is 0 Å². The summed E-state index contributed by atoms with van der Waals surface area (Å²) in [7, 11) is 0. The molecule has 2 aliphatic carbocycles. The van der Waals surface area contributed by atoms with Gasteiger partial charge in [-0.3, -0.25) is 4.79 Å². The highest BCUT2D eigenvalue weighted by Gasteiger charge is 2.22. The van der Waals surface area contributed by atoms with Gasteiger partial charge in [-0.1, -0.05) is 13.3 Å². The summed E-state index contributed by atoms with van der Waals surface area (Å²) in [4.78, 5) is 11.7. The first kappa shape index (κ1) is 12.9. The van der Waals surface area contributed by atoms with Crippen molar-refractivity contribution in [2.24, 2.45) is 11.8 Å². The molecule has 0 heterocycles. The standard InChI is InChI=1S/C14H26N2O/c1-2-11-5-7-13(8-6-11)16-14(17)10-15-9-12-3-4-12/h11-13,15H,2-10H2,1H3,(H,16,17). The Morgan fingerprint density at radius 1 is 1.06 bits per heavy atom. The molecule has 0 bridgehead atoms. The Hall–Kier alpha value is -0.570. The molecule has 2 fully saturated rings. The average molecular weight is 238 g/mol. The zero-order valence-corrected chi connectivity index (χ0v) is 11.0. The van der Waals surface area contributed by atoms with Gasteiger partial charge in [0.1, 0.15) is 0 Å². The lowest BCUT2D eigenvalue weighted by Gasteiger charge is -2.28. The Bertz CT molecular complexity index is 243. The molecule has 0 aromatic heterocycles. The van der Waals surface area contributed by atoms with Gasteiger partial charge in [0.25, 0.3) is 0 Å². The van der Waals surface area contributed by atoms with Crippen molar-refractivity contribution in [2.75, 3.05) is 13.1 Å². The molecule has 1 amide bonds. The second kappa shape index (κ2) is 6.39. The lowest BCUT2D eigenvalue weighted by Crippen LogP contribution is -2.42. The summed E-state index contributed by atoms with van der Waals surface area (Å²) >= 11 is 0.